The van der Waals surface area contributed by atoms with Gasteiger partial charge in [-0.25, -0.2) is 0 Å². The Kier molecular flexibility index (Phi) is 6.51. The summed E-state index contributed by atoms with van der Waals surface area (Å²) in [6.45, 7) is 7.30. The van der Waals surface area contributed by atoms with Gasteiger partial charge in [-0.2, -0.15) is 0 Å². The second-order valence-electron chi connectivity index (χ2n) is 5.08. The van der Waals surface area contributed by atoms with Gasteiger partial charge >= 0.3 is 0 Å². The van der Waals surface area contributed by atoms with Crippen molar-refractivity contribution in [1.82, 2.24) is 5.32 Å². The van der Waals surface area contributed by atoms with E-state index in [0.717, 1.165) is 35.3 Å². The Morgan fingerprint density at radius 3 is 2.56 bits per heavy atom. The van der Waals surface area contributed by atoms with Crippen LogP contribution in [0.1, 0.15) is 45.2 Å². The SMILES string of the molecule is CNC(C)c1ccc(OCCCC(C)C)cc1Cl. The number of rotatable bonds is 7. The largest absolute Gasteiger partial charge is 0.494 e. The molecule has 3 heteroatoms. The van der Waals surface area contributed by atoms with E-state index < -0.39 is 0 Å². The molecule has 0 aliphatic rings. The van der Waals surface area contributed by atoms with Crippen LogP contribution in [0.5, 0.6) is 5.75 Å². The molecule has 0 aliphatic heterocycles. The Morgan fingerprint density at radius 2 is 2.00 bits per heavy atom. The fourth-order valence-electron chi connectivity index (χ4n) is 1.79. The molecule has 1 rings (SSSR count). The van der Waals surface area contributed by atoms with E-state index in [1.165, 1.54) is 6.42 Å². The maximum atomic E-state index is 6.25. The minimum Gasteiger partial charge on any atom is -0.494 e. The van der Waals surface area contributed by atoms with Crippen molar-refractivity contribution in [3.05, 3.63) is 28.8 Å². The van der Waals surface area contributed by atoms with E-state index in [4.69, 9.17) is 16.3 Å². The van der Waals surface area contributed by atoms with Crippen molar-refractivity contribution in [2.45, 2.75) is 39.7 Å². The molecular weight excluding hydrogens is 246 g/mol. The summed E-state index contributed by atoms with van der Waals surface area (Å²) < 4.78 is 5.70. The molecule has 0 heterocycles. The van der Waals surface area contributed by atoms with Crippen LogP contribution in [0.4, 0.5) is 0 Å². The number of nitrogens with one attached hydrogen (secondary N) is 1. The van der Waals surface area contributed by atoms with Gasteiger partial charge in [-0.15, -0.1) is 0 Å². The van der Waals surface area contributed by atoms with Crippen LogP contribution in [0.3, 0.4) is 0 Å². The zero-order valence-corrected chi connectivity index (χ0v) is 12.6. The highest BCUT2D eigenvalue weighted by Crippen LogP contribution is 2.27. The Bertz CT molecular complexity index is 366. The van der Waals surface area contributed by atoms with E-state index in [1.807, 2.05) is 25.2 Å². The average Bonchev–Trinajstić information content (AvgIpc) is 2.33. The van der Waals surface area contributed by atoms with Crippen LogP contribution in [0, 0.1) is 5.92 Å². The quantitative estimate of drug-likeness (QED) is 0.739. The van der Waals surface area contributed by atoms with Gasteiger partial charge in [0.25, 0.3) is 0 Å². The fraction of sp³-hybridized carbons (Fsp3) is 0.600. The molecule has 0 spiro atoms. The van der Waals surface area contributed by atoms with Crippen molar-refractivity contribution in [2.24, 2.45) is 5.92 Å². The molecule has 0 aromatic heterocycles. The Morgan fingerprint density at radius 1 is 1.28 bits per heavy atom. The summed E-state index contributed by atoms with van der Waals surface area (Å²) in [7, 11) is 1.93. The van der Waals surface area contributed by atoms with Crippen molar-refractivity contribution in [3.8, 4) is 5.75 Å². The molecule has 0 radical (unpaired) electrons. The van der Waals surface area contributed by atoms with E-state index in [2.05, 4.69) is 26.1 Å². The van der Waals surface area contributed by atoms with Crippen molar-refractivity contribution >= 4 is 11.6 Å². The van der Waals surface area contributed by atoms with E-state index in [9.17, 15) is 0 Å². The van der Waals surface area contributed by atoms with Crippen molar-refractivity contribution in [2.75, 3.05) is 13.7 Å². The smallest absolute Gasteiger partial charge is 0.120 e. The van der Waals surface area contributed by atoms with Gasteiger partial charge in [0.1, 0.15) is 5.75 Å². The molecule has 1 aromatic carbocycles. The number of hydrogen-bond donors (Lipinski definition) is 1. The van der Waals surface area contributed by atoms with Crippen LogP contribution in [-0.4, -0.2) is 13.7 Å². The van der Waals surface area contributed by atoms with Gasteiger partial charge in [-0.3, -0.25) is 0 Å². The van der Waals surface area contributed by atoms with Gasteiger partial charge in [0, 0.05) is 11.1 Å². The molecule has 0 amide bonds. The minimum atomic E-state index is 0.257. The predicted molar refractivity (Wildman–Crippen MR) is 78.5 cm³/mol. The first-order valence-electron chi connectivity index (χ1n) is 6.64. The van der Waals surface area contributed by atoms with Crippen LogP contribution in [0.2, 0.25) is 5.02 Å². The van der Waals surface area contributed by atoms with Gasteiger partial charge in [-0.1, -0.05) is 31.5 Å². The number of benzene rings is 1. The van der Waals surface area contributed by atoms with Gasteiger partial charge in [0.05, 0.1) is 6.61 Å². The molecule has 0 bridgehead atoms. The van der Waals surface area contributed by atoms with Crippen molar-refractivity contribution in [3.63, 3.8) is 0 Å². The van der Waals surface area contributed by atoms with Crippen LogP contribution in [0.15, 0.2) is 18.2 Å². The highest BCUT2D eigenvalue weighted by Gasteiger charge is 2.08. The monoisotopic (exact) mass is 269 g/mol. The predicted octanol–water partition coefficient (Wildman–Crippen LogP) is 4.44. The summed E-state index contributed by atoms with van der Waals surface area (Å²) in [4.78, 5) is 0. The number of ether oxygens (including phenoxy) is 1. The van der Waals surface area contributed by atoms with Crippen molar-refractivity contribution < 1.29 is 4.74 Å². The van der Waals surface area contributed by atoms with Crippen molar-refractivity contribution in [1.29, 1.82) is 0 Å². The zero-order chi connectivity index (χ0) is 13.5. The normalized spacial score (nSPS) is 12.8. The Balaban J connectivity index is 2.51. The first-order valence-corrected chi connectivity index (χ1v) is 7.02. The first kappa shape index (κ1) is 15.3. The third-order valence-corrected chi connectivity index (χ3v) is 3.39. The third-order valence-electron chi connectivity index (χ3n) is 3.07. The first-order chi connectivity index (χ1) is 8.54. The third kappa shape index (κ3) is 4.87. The Labute approximate surface area is 116 Å². The molecule has 18 heavy (non-hydrogen) atoms. The second kappa shape index (κ2) is 7.65. The Hall–Kier alpha value is -0.730. The highest BCUT2D eigenvalue weighted by atomic mass is 35.5. The maximum absolute atomic E-state index is 6.25. The minimum absolute atomic E-state index is 0.257. The second-order valence-corrected chi connectivity index (χ2v) is 5.49. The van der Waals surface area contributed by atoms with Crippen LogP contribution in [-0.2, 0) is 0 Å². The molecule has 1 atom stereocenters. The summed E-state index contributed by atoms with van der Waals surface area (Å²) in [6, 6.07) is 6.18. The van der Waals surface area contributed by atoms with E-state index in [-0.39, 0.29) is 6.04 Å². The van der Waals surface area contributed by atoms with E-state index in [1.54, 1.807) is 0 Å². The summed E-state index contributed by atoms with van der Waals surface area (Å²) in [5.74, 6) is 1.59. The number of halogens is 1. The zero-order valence-electron chi connectivity index (χ0n) is 11.8. The van der Waals surface area contributed by atoms with Crippen LogP contribution >= 0.6 is 11.6 Å². The summed E-state index contributed by atoms with van der Waals surface area (Å²) >= 11 is 6.25. The molecule has 2 nitrogen and oxygen atoms in total. The van der Waals surface area contributed by atoms with Crippen LogP contribution < -0.4 is 10.1 Å². The molecular formula is C15H24ClNO. The molecule has 102 valence electrons. The standard InChI is InChI=1S/C15H24ClNO/c1-11(2)6-5-9-18-13-7-8-14(12(3)17-4)15(16)10-13/h7-8,10-12,17H,5-6,9H2,1-4H3. The maximum Gasteiger partial charge on any atom is 0.120 e. The lowest BCUT2D eigenvalue weighted by molar-refractivity contribution is 0.297. The molecule has 0 saturated heterocycles. The molecule has 1 aromatic rings. The lowest BCUT2D eigenvalue weighted by Gasteiger charge is -2.14. The van der Waals surface area contributed by atoms with Gasteiger partial charge in [-0.05, 0) is 50.4 Å². The fourth-order valence-corrected chi connectivity index (χ4v) is 2.12. The molecule has 1 unspecified atom stereocenters. The molecule has 1 N–H and O–H groups in total. The summed E-state index contributed by atoms with van der Waals surface area (Å²) in [5.41, 5.74) is 1.11. The molecule has 0 aliphatic carbocycles. The van der Waals surface area contributed by atoms with E-state index in [0.29, 0.717) is 0 Å². The summed E-state index contributed by atoms with van der Waals surface area (Å²) in [5, 5.41) is 3.94. The lowest BCUT2D eigenvalue weighted by atomic mass is 10.1. The van der Waals surface area contributed by atoms with Gasteiger partial charge in [0.2, 0.25) is 0 Å². The highest BCUT2D eigenvalue weighted by molar-refractivity contribution is 6.31. The average molecular weight is 270 g/mol. The summed E-state index contributed by atoms with van der Waals surface area (Å²) in [6.07, 6.45) is 2.28. The molecule has 0 saturated carbocycles. The number of hydrogen-bond acceptors (Lipinski definition) is 2. The van der Waals surface area contributed by atoms with Gasteiger partial charge < -0.3 is 10.1 Å². The van der Waals surface area contributed by atoms with Gasteiger partial charge in [0.15, 0.2) is 0 Å². The van der Waals surface area contributed by atoms with E-state index >= 15 is 0 Å². The van der Waals surface area contributed by atoms with Crippen LogP contribution in [0.25, 0.3) is 0 Å². The molecule has 0 fully saturated rings. The lowest BCUT2D eigenvalue weighted by Crippen LogP contribution is -2.12. The topological polar surface area (TPSA) is 21.3 Å².